The van der Waals surface area contributed by atoms with Gasteiger partial charge in [-0.25, -0.2) is 8.96 Å². The Morgan fingerprint density at radius 2 is 1.20 bits per heavy atom. The summed E-state index contributed by atoms with van der Waals surface area (Å²) in [5.41, 5.74) is 10.7. The Kier molecular flexibility index (Phi) is 7.19. The molecule has 0 spiro atoms. The van der Waals surface area contributed by atoms with Gasteiger partial charge in [0.1, 0.15) is 24.0 Å². The molecule has 0 amide bonds. The van der Waals surface area contributed by atoms with E-state index in [1.165, 1.54) is 11.1 Å². The van der Waals surface area contributed by atoms with Gasteiger partial charge in [-0.1, -0.05) is 111 Å². The molecule has 5 aromatic carbocycles. The first kappa shape index (κ1) is 29.4. The number of nitriles is 1. The third-order valence-corrected chi connectivity index (χ3v) is 10.9. The second-order valence-electron chi connectivity index (χ2n) is 13.0. The highest BCUT2D eigenvalue weighted by molar-refractivity contribution is 6.88. The number of hydrogen-bond acceptors (Lipinski definition) is 2. The normalized spacial score (nSPS) is 11.7. The van der Waals surface area contributed by atoms with E-state index in [1.807, 2.05) is 55.1 Å². The van der Waals surface area contributed by atoms with Gasteiger partial charge in [0.2, 0.25) is 5.69 Å². The van der Waals surface area contributed by atoms with Crippen molar-refractivity contribution in [2.24, 2.45) is 7.05 Å². The molecule has 0 saturated carbocycles. The topological polar surface area (TPSA) is 40.8 Å². The Morgan fingerprint density at radius 1 is 0.674 bits per heavy atom. The maximum atomic E-state index is 15.5. The van der Waals surface area contributed by atoms with Gasteiger partial charge in [0.05, 0.1) is 25.3 Å². The highest BCUT2D eigenvalue weighted by Gasteiger charge is 2.29. The van der Waals surface area contributed by atoms with Crippen LogP contribution in [0.15, 0.2) is 120 Å². The fourth-order valence-electron chi connectivity index (χ4n) is 6.44. The molecular formula is C41H34FN2OSi+. The van der Waals surface area contributed by atoms with E-state index in [2.05, 4.69) is 98.5 Å². The van der Waals surface area contributed by atoms with Crippen LogP contribution < -0.4 is 9.75 Å². The van der Waals surface area contributed by atoms with Crippen molar-refractivity contribution >= 4 is 35.2 Å². The van der Waals surface area contributed by atoms with Gasteiger partial charge in [-0.3, -0.25) is 0 Å². The average Bonchev–Trinajstić information content (AvgIpc) is 3.44. The summed E-state index contributed by atoms with van der Waals surface area (Å²) in [5.74, 6) is -0.179. The fourth-order valence-corrected chi connectivity index (χ4v) is 7.81. The number of halogens is 1. The molecule has 2 aromatic heterocycles. The molecule has 0 bridgehead atoms. The summed E-state index contributed by atoms with van der Waals surface area (Å²) in [5, 5.41) is 12.8. The Labute approximate surface area is 269 Å². The van der Waals surface area contributed by atoms with E-state index in [0.717, 1.165) is 55.0 Å². The lowest BCUT2D eigenvalue weighted by Gasteiger charge is -2.16. The lowest BCUT2D eigenvalue weighted by Crippen LogP contribution is -2.47. The van der Waals surface area contributed by atoms with E-state index in [0.29, 0.717) is 16.7 Å². The highest BCUT2D eigenvalue weighted by Crippen LogP contribution is 2.42. The quantitative estimate of drug-likeness (QED) is 0.142. The summed E-state index contributed by atoms with van der Waals surface area (Å²) in [6.07, 6.45) is 1.94. The highest BCUT2D eigenvalue weighted by atomic mass is 28.3. The smallest absolute Gasteiger partial charge is 0.219 e. The molecule has 2 heterocycles. The van der Waals surface area contributed by atoms with Gasteiger partial charge < -0.3 is 4.42 Å². The predicted octanol–water partition coefficient (Wildman–Crippen LogP) is 9.94. The SMILES string of the molecule is Cc1ccc2c(oc3c(-c4ccc(-c5ccc(-c6ccccc6)cc5)cc4)c(C#N)ccc32)c1-c1cc(F)c([Si](C)(C)C)c[n+]1C. The van der Waals surface area contributed by atoms with Crippen LogP contribution in [0.2, 0.25) is 19.6 Å². The Balaban J connectivity index is 1.35. The Morgan fingerprint density at radius 3 is 1.76 bits per heavy atom. The van der Waals surface area contributed by atoms with Crippen LogP contribution >= 0.6 is 0 Å². The minimum Gasteiger partial charge on any atom is -0.454 e. The van der Waals surface area contributed by atoms with Gasteiger partial charge in [-0.15, -0.1) is 0 Å². The Bertz CT molecular complexity index is 2310. The molecule has 0 aliphatic carbocycles. The first-order valence-corrected chi connectivity index (χ1v) is 19.0. The number of fused-ring (bicyclic) bond motifs is 3. The summed E-state index contributed by atoms with van der Waals surface area (Å²) in [7, 11) is 0.0927. The molecule has 0 N–H and O–H groups in total. The summed E-state index contributed by atoms with van der Waals surface area (Å²) in [6.45, 7) is 8.48. The third-order valence-electron chi connectivity index (χ3n) is 8.93. The van der Waals surface area contributed by atoms with Gasteiger partial charge in [0.15, 0.2) is 6.20 Å². The van der Waals surface area contributed by atoms with Crippen molar-refractivity contribution in [1.82, 2.24) is 0 Å². The van der Waals surface area contributed by atoms with Crippen LogP contribution in [0.25, 0.3) is 66.6 Å². The number of aryl methyl sites for hydroxylation is 2. The summed E-state index contributed by atoms with van der Waals surface area (Å²) < 4.78 is 24.3. The monoisotopic (exact) mass is 617 g/mol. The number of aromatic nitrogens is 1. The number of hydrogen-bond donors (Lipinski definition) is 0. The molecule has 7 aromatic rings. The van der Waals surface area contributed by atoms with E-state index in [9.17, 15) is 5.26 Å². The van der Waals surface area contributed by atoms with Gasteiger partial charge >= 0.3 is 0 Å². The number of pyridine rings is 1. The zero-order valence-corrected chi connectivity index (χ0v) is 27.7. The molecular weight excluding hydrogens is 584 g/mol. The van der Waals surface area contributed by atoms with Crippen molar-refractivity contribution in [3.63, 3.8) is 0 Å². The third kappa shape index (κ3) is 5.01. The molecule has 0 fully saturated rings. The van der Waals surface area contributed by atoms with E-state index < -0.39 is 8.07 Å². The molecule has 46 heavy (non-hydrogen) atoms. The van der Waals surface area contributed by atoms with E-state index in [-0.39, 0.29) is 5.82 Å². The van der Waals surface area contributed by atoms with Crippen molar-refractivity contribution in [1.29, 1.82) is 5.26 Å². The Hall–Kier alpha value is -5.31. The van der Waals surface area contributed by atoms with E-state index >= 15 is 4.39 Å². The molecule has 0 unspecified atom stereocenters. The minimum absolute atomic E-state index is 0.179. The molecule has 3 nitrogen and oxygen atoms in total. The zero-order valence-electron chi connectivity index (χ0n) is 26.7. The van der Waals surface area contributed by atoms with Crippen LogP contribution in [0, 0.1) is 24.1 Å². The standard InChI is InChI=1S/C41H34FN2OSi/c1-26-11-21-33-34-22-20-32(24-43)39(41(34)45-40(33)38(26)36-23-35(42)37(25-44(36)2)46(3,4)5)31-18-16-30(17-19-31)29-14-12-28(13-15-29)27-9-7-6-8-10-27/h6-23,25H,1-5H3/q+1. The lowest BCUT2D eigenvalue weighted by atomic mass is 9.94. The van der Waals surface area contributed by atoms with Crippen molar-refractivity contribution in [3.05, 3.63) is 132 Å². The van der Waals surface area contributed by atoms with E-state index in [1.54, 1.807) is 6.07 Å². The van der Waals surface area contributed by atoms with Crippen molar-refractivity contribution in [2.75, 3.05) is 0 Å². The molecule has 0 aliphatic rings. The molecule has 0 atom stereocenters. The van der Waals surface area contributed by atoms with Gasteiger partial charge in [0.25, 0.3) is 0 Å². The van der Waals surface area contributed by atoms with Gasteiger partial charge in [-0.05, 0) is 52.4 Å². The van der Waals surface area contributed by atoms with Crippen molar-refractivity contribution in [3.8, 4) is 50.7 Å². The molecule has 5 heteroatoms. The molecule has 0 aliphatic heterocycles. The van der Waals surface area contributed by atoms with Gasteiger partial charge in [-0.2, -0.15) is 5.26 Å². The van der Waals surface area contributed by atoms with Crippen LogP contribution in [0.4, 0.5) is 4.39 Å². The summed E-state index contributed by atoms with van der Waals surface area (Å²) in [4.78, 5) is 0. The number of benzene rings is 5. The number of nitrogens with zero attached hydrogens (tertiary/aromatic N) is 2. The maximum Gasteiger partial charge on any atom is 0.219 e. The molecule has 0 radical (unpaired) electrons. The average molecular weight is 618 g/mol. The van der Waals surface area contributed by atoms with Crippen LogP contribution in [0.5, 0.6) is 0 Å². The molecule has 224 valence electrons. The van der Waals surface area contributed by atoms with Crippen LogP contribution in [0.3, 0.4) is 0 Å². The number of furan rings is 1. The van der Waals surface area contributed by atoms with Crippen molar-refractivity contribution < 1.29 is 13.4 Å². The van der Waals surface area contributed by atoms with Crippen molar-refractivity contribution in [2.45, 2.75) is 26.6 Å². The molecule has 7 rings (SSSR count). The van der Waals surface area contributed by atoms with Crippen LogP contribution in [-0.4, -0.2) is 8.07 Å². The largest absolute Gasteiger partial charge is 0.454 e. The second-order valence-corrected chi connectivity index (χ2v) is 18.1. The number of rotatable bonds is 5. The van der Waals surface area contributed by atoms with Gasteiger partial charge in [0, 0.05) is 27.6 Å². The second kappa shape index (κ2) is 11.2. The fraction of sp³-hybridized carbons (Fsp3) is 0.122. The molecule has 0 saturated heterocycles. The first-order chi connectivity index (χ1) is 22.1. The minimum atomic E-state index is -1.87. The predicted molar refractivity (Wildman–Crippen MR) is 189 cm³/mol. The zero-order chi connectivity index (χ0) is 32.2. The van der Waals surface area contributed by atoms with Crippen LogP contribution in [0.1, 0.15) is 11.1 Å². The lowest BCUT2D eigenvalue weighted by molar-refractivity contribution is -0.659. The summed E-state index contributed by atoms with van der Waals surface area (Å²) >= 11 is 0. The summed E-state index contributed by atoms with van der Waals surface area (Å²) in [6, 6.07) is 39.2. The van der Waals surface area contributed by atoms with E-state index in [4.69, 9.17) is 4.42 Å². The first-order valence-electron chi connectivity index (χ1n) is 15.5. The van der Waals surface area contributed by atoms with Crippen LogP contribution in [-0.2, 0) is 7.05 Å². The maximum absolute atomic E-state index is 15.5.